The van der Waals surface area contributed by atoms with Gasteiger partial charge in [0.05, 0.1) is 11.2 Å². The van der Waals surface area contributed by atoms with Crippen molar-refractivity contribution in [2.75, 3.05) is 18.0 Å². The van der Waals surface area contributed by atoms with Crippen LogP contribution in [0.2, 0.25) is 0 Å². The largest absolute Gasteiger partial charge is 0.367 e. The normalized spacial score (nSPS) is 21.0. The zero-order chi connectivity index (χ0) is 17.0. The quantitative estimate of drug-likeness (QED) is 0.899. The van der Waals surface area contributed by atoms with Crippen LogP contribution in [-0.4, -0.2) is 23.7 Å². The number of halogens is 1. The Morgan fingerprint density at radius 1 is 1.29 bits per heavy atom. The predicted molar refractivity (Wildman–Crippen MR) is 93.9 cm³/mol. The van der Waals surface area contributed by atoms with E-state index in [-0.39, 0.29) is 30.0 Å². The second-order valence-electron chi connectivity index (χ2n) is 7.04. The van der Waals surface area contributed by atoms with E-state index in [1.807, 2.05) is 16.4 Å². The van der Waals surface area contributed by atoms with Crippen LogP contribution >= 0.6 is 0 Å². The van der Waals surface area contributed by atoms with Gasteiger partial charge in [-0.05, 0) is 43.4 Å². The molecular formula is C18H23FN4O. The molecule has 0 spiro atoms. The maximum Gasteiger partial charge on any atom is 0.251 e. The summed E-state index contributed by atoms with van der Waals surface area (Å²) in [5.41, 5.74) is 14.7. The molecule has 0 bridgehead atoms. The number of anilines is 1. The first-order valence-corrected chi connectivity index (χ1v) is 8.59. The molecule has 2 aromatic rings. The number of aromatic nitrogens is 1. The predicted octanol–water partition coefficient (Wildman–Crippen LogP) is 1.78. The molecule has 1 aromatic carbocycles. The zero-order valence-corrected chi connectivity index (χ0v) is 13.9. The smallest absolute Gasteiger partial charge is 0.251 e. The second kappa shape index (κ2) is 5.57. The van der Waals surface area contributed by atoms with Crippen molar-refractivity contribution in [3.05, 3.63) is 39.4 Å². The third-order valence-electron chi connectivity index (χ3n) is 5.26. The van der Waals surface area contributed by atoms with E-state index in [2.05, 4.69) is 0 Å². The summed E-state index contributed by atoms with van der Waals surface area (Å²) in [6, 6.07) is 3.40. The van der Waals surface area contributed by atoms with Crippen LogP contribution < -0.4 is 21.9 Å². The van der Waals surface area contributed by atoms with Gasteiger partial charge in [0.2, 0.25) is 0 Å². The monoisotopic (exact) mass is 330 g/mol. The molecule has 0 unspecified atom stereocenters. The SMILES string of the molecule is Cc1c(N2CC[C@@H](N)C2)c(F)cc2c(CN)cc(=O)n(C3CC3)c12. The Bertz CT molecular complexity index is 872. The molecule has 128 valence electrons. The highest BCUT2D eigenvalue weighted by Crippen LogP contribution is 2.40. The number of benzene rings is 1. The lowest BCUT2D eigenvalue weighted by Crippen LogP contribution is -2.28. The Kier molecular flexibility index (Phi) is 3.62. The van der Waals surface area contributed by atoms with Gasteiger partial charge < -0.3 is 20.9 Å². The Hall–Kier alpha value is -1.92. The van der Waals surface area contributed by atoms with E-state index in [4.69, 9.17) is 11.5 Å². The molecule has 4 rings (SSSR count). The fourth-order valence-electron chi connectivity index (χ4n) is 3.96. The molecular weight excluding hydrogens is 307 g/mol. The lowest BCUT2D eigenvalue weighted by atomic mass is 10.0. The van der Waals surface area contributed by atoms with Crippen LogP contribution in [0.4, 0.5) is 10.1 Å². The number of hydrogen-bond donors (Lipinski definition) is 2. The van der Waals surface area contributed by atoms with Crippen LogP contribution in [0.1, 0.15) is 36.4 Å². The molecule has 2 fully saturated rings. The minimum absolute atomic E-state index is 0.0377. The number of fused-ring (bicyclic) bond motifs is 1. The number of nitrogens with zero attached hydrogens (tertiary/aromatic N) is 2. The molecule has 1 aromatic heterocycles. The summed E-state index contributed by atoms with van der Waals surface area (Å²) >= 11 is 0. The average Bonchev–Trinajstić information content (AvgIpc) is 3.29. The molecule has 1 atom stereocenters. The van der Waals surface area contributed by atoms with Crippen molar-refractivity contribution in [3.63, 3.8) is 0 Å². The van der Waals surface area contributed by atoms with Gasteiger partial charge in [-0.3, -0.25) is 4.79 Å². The van der Waals surface area contributed by atoms with Crippen molar-refractivity contribution in [2.45, 2.75) is 44.8 Å². The van der Waals surface area contributed by atoms with E-state index in [0.29, 0.717) is 17.8 Å². The van der Waals surface area contributed by atoms with Gasteiger partial charge >= 0.3 is 0 Å². The van der Waals surface area contributed by atoms with Gasteiger partial charge in [0.1, 0.15) is 5.82 Å². The van der Waals surface area contributed by atoms with Gasteiger partial charge in [0, 0.05) is 43.2 Å². The highest BCUT2D eigenvalue weighted by atomic mass is 19.1. The zero-order valence-electron chi connectivity index (χ0n) is 13.9. The Morgan fingerprint density at radius 2 is 2.04 bits per heavy atom. The van der Waals surface area contributed by atoms with Crippen LogP contribution in [-0.2, 0) is 6.54 Å². The number of hydrogen-bond acceptors (Lipinski definition) is 4. The van der Waals surface area contributed by atoms with Crippen LogP contribution in [0.3, 0.4) is 0 Å². The summed E-state index contributed by atoms with van der Waals surface area (Å²) in [5.74, 6) is -0.259. The number of nitrogens with two attached hydrogens (primary N) is 2. The van der Waals surface area contributed by atoms with Crippen LogP contribution in [0, 0.1) is 12.7 Å². The second-order valence-corrected chi connectivity index (χ2v) is 7.04. The lowest BCUT2D eigenvalue weighted by molar-refractivity contribution is 0.621. The molecule has 0 radical (unpaired) electrons. The maximum atomic E-state index is 14.9. The highest BCUT2D eigenvalue weighted by molar-refractivity contribution is 5.90. The molecule has 1 aliphatic heterocycles. The van der Waals surface area contributed by atoms with Crippen LogP contribution in [0.25, 0.3) is 10.9 Å². The highest BCUT2D eigenvalue weighted by Gasteiger charge is 2.30. The molecule has 4 N–H and O–H groups in total. The summed E-state index contributed by atoms with van der Waals surface area (Å²) < 4.78 is 16.8. The van der Waals surface area contributed by atoms with Gasteiger partial charge in [-0.1, -0.05) is 0 Å². The van der Waals surface area contributed by atoms with Gasteiger partial charge in [-0.2, -0.15) is 0 Å². The summed E-state index contributed by atoms with van der Waals surface area (Å²) in [5, 5.41) is 0.756. The molecule has 1 saturated carbocycles. The fraction of sp³-hybridized carbons (Fsp3) is 0.500. The molecule has 2 aliphatic rings. The first kappa shape index (κ1) is 15.6. The number of pyridine rings is 1. The van der Waals surface area contributed by atoms with Crippen molar-refractivity contribution >= 4 is 16.6 Å². The molecule has 1 aliphatic carbocycles. The van der Waals surface area contributed by atoms with E-state index in [0.717, 1.165) is 42.3 Å². The molecule has 5 nitrogen and oxygen atoms in total. The minimum atomic E-state index is -0.259. The summed E-state index contributed by atoms with van der Waals surface area (Å²) in [6.45, 7) is 3.52. The van der Waals surface area contributed by atoms with Crippen molar-refractivity contribution in [1.29, 1.82) is 0 Å². The van der Waals surface area contributed by atoms with Gasteiger partial charge in [0.15, 0.2) is 0 Å². The minimum Gasteiger partial charge on any atom is -0.367 e. The van der Waals surface area contributed by atoms with E-state index < -0.39 is 0 Å². The first-order valence-electron chi connectivity index (χ1n) is 8.59. The third kappa shape index (κ3) is 2.32. The van der Waals surface area contributed by atoms with Crippen LogP contribution in [0.5, 0.6) is 0 Å². The lowest BCUT2D eigenvalue weighted by Gasteiger charge is -2.24. The van der Waals surface area contributed by atoms with Gasteiger partial charge in [-0.15, -0.1) is 0 Å². The van der Waals surface area contributed by atoms with Gasteiger partial charge in [-0.25, -0.2) is 4.39 Å². The van der Waals surface area contributed by atoms with Gasteiger partial charge in [0.25, 0.3) is 5.56 Å². The van der Waals surface area contributed by atoms with Crippen LogP contribution in [0.15, 0.2) is 16.9 Å². The number of rotatable bonds is 3. The Labute approximate surface area is 140 Å². The Morgan fingerprint density at radius 3 is 2.62 bits per heavy atom. The van der Waals surface area contributed by atoms with Crippen molar-refractivity contribution in [2.24, 2.45) is 11.5 Å². The molecule has 0 amide bonds. The number of aryl methyl sites for hydroxylation is 1. The Balaban J connectivity index is 2.03. The third-order valence-corrected chi connectivity index (χ3v) is 5.26. The topological polar surface area (TPSA) is 77.3 Å². The molecule has 2 heterocycles. The van der Waals surface area contributed by atoms with Crippen molar-refractivity contribution < 1.29 is 4.39 Å². The summed E-state index contributed by atoms with van der Waals surface area (Å²) in [7, 11) is 0. The van der Waals surface area contributed by atoms with E-state index in [1.54, 1.807) is 12.1 Å². The van der Waals surface area contributed by atoms with E-state index in [1.165, 1.54) is 0 Å². The molecule has 24 heavy (non-hydrogen) atoms. The van der Waals surface area contributed by atoms with Crippen molar-refractivity contribution in [3.8, 4) is 0 Å². The maximum absolute atomic E-state index is 14.9. The summed E-state index contributed by atoms with van der Waals surface area (Å²) in [4.78, 5) is 14.6. The van der Waals surface area contributed by atoms with E-state index in [9.17, 15) is 9.18 Å². The van der Waals surface area contributed by atoms with Crippen molar-refractivity contribution in [1.82, 2.24) is 4.57 Å². The summed E-state index contributed by atoms with van der Waals surface area (Å²) in [6.07, 6.45) is 2.85. The molecule has 1 saturated heterocycles. The van der Waals surface area contributed by atoms with E-state index >= 15 is 0 Å². The first-order chi connectivity index (χ1) is 11.5. The molecule has 6 heteroatoms. The average molecular weight is 330 g/mol. The standard InChI is InChI=1S/C18H23FN4O/c1-10-17-14(7-15(19)18(10)22-5-4-12(21)9-22)11(8-20)6-16(24)23(17)13-2-3-13/h6-7,12-13H,2-5,8-9,20-21H2,1H3/t12-/m1/s1. The fourth-order valence-corrected chi connectivity index (χ4v) is 3.96.